The van der Waals surface area contributed by atoms with Crippen molar-refractivity contribution in [2.75, 3.05) is 44.7 Å². The first-order chi connectivity index (χ1) is 9.92. The van der Waals surface area contributed by atoms with Gasteiger partial charge >= 0.3 is 0 Å². The van der Waals surface area contributed by atoms with Crippen LogP contribution in [0.2, 0.25) is 0 Å². The zero-order valence-corrected chi connectivity index (χ0v) is 13.4. The van der Waals surface area contributed by atoms with Crippen LogP contribution in [0.1, 0.15) is 38.1 Å². The monoisotopic (exact) mass is 315 g/mol. The number of ether oxygens (including phenoxy) is 1. The van der Waals surface area contributed by atoms with Gasteiger partial charge in [-0.3, -0.25) is 4.90 Å². The summed E-state index contributed by atoms with van der Waals surface area (Å²) in [5, 5.41) is 11.9. The summed E-state index contributed by atoms with van der Waals surface area (Å²) in [7, 11) is 0. The summed E-state index contributed by atoms with van der Waals surface area (Å²) in [4.78, 5) is 2.42. The molecule has 3 rings (SSSR count). The van der Waals surface area contributed by atoms with Gasteiger partial charge in [-0.25, -0.2) is 4.68 Å². The van der Waals surface area contributed by atoms with Gasteiger partial charge in [0.25, 0.3) is 0 Å². The first-order valence-corrected chi connectivity index (χ1v) is 7.87. The minimum Gasteiger partial charge on any atom is -0.379 e. The van der Waals surface area contributed by atoms with Crippen molar-refractivity contribution in [3.63, 3.8) is 0 Å². The standard InChI is InChI=1S/C14H25N5O.ClH/c1-2-4-13(5-3-1)19-12-14(16-17-19)15-6-7-18-8-10-20-11-9-18;/h12-13,15H,1-11H2;1H. The zero-order chi connectivity index (χ0) is 13.6. The first kappa shape index (κ1) is 16.5. The molecule has 120 valence electrons. The average molecular weight is 316 g/mol. The van der Waals surface area contributed by atoms with Crippen LogP contribution in [0.15, 0.2) is 6.20 Å². The third-order valence-electron chi connectivity index (χ3n) is 4.30. The second kappa shape index (κ2) is 8.56. The third kappa shape index (κ3) is 4.83. The molecule has 0 amide bonds. The summed E-state index contributed by atoms with van der Waals surface area (Å²) < 4.78 is 7.40. The van der Waals surface area contributed by atoms with E-state index >= 15 is 0 Å². The van der Waals surface area contributed by atoms with Gasteiger partial charge in [-0.1, -0.05) is 24.5 Å². The highest BCUT2D eigenvalue weighted by Gasteiger charge is 2.16. The van der Waals surface area contributed by atoms with Crippen molar-refractivity contribution in [3.05, 3.63) is 6.20 Å². The molecule has 1 aliphatic carbocycles. The van der Waals surface area contributed by atoms with Gasteiger partial charge in [0.15, 0.2) is 5.82 Å². The van der Waals surface area contributed by atoms with E-state index in [9.17, 15) is 0 Å². The summed E-state index contributed by atoms with van der Waals surface area (Å²) in [6.45, 7) is 5.76. The molecule has 1 aromatic rings. The Labute approximate surface area is 132 Å². The van der Waals surface area contributed by atoms with Crippen LogP contribution in [-0.4, -0.2) is 59.3 Å². The van der Waals surface area contributed by atoms with E-state index in [-0.39, 0.29) is 12.4 Å². The lowest BCUT2D eigenvalue weighted by atomic mass is 9.96. The van der Waals surface area contributed by atoms with Crippen molar-refractivity contribution in [1.82, 2.24) is 19.9 Å². The number of aromatic nitrogens is 3. The number of nitrogens with one attached hydrogen (secondary N) is 1. The van der Waals surface area contributed by atoms with Crippen LogP contribution >= 0.6 is 12.4 Å². The Morgan fingerprint density at radius 1 is 1.19 bits per heavy atom. The van der Waals surface area contributed by atoms with E-state index in [4.69, 9.17) is 4.74 Å². The van der Waals surface area contributed by atoms with Crippen molar-refractivity contribution in [3.8, 4) is 0 Å². The summed E-state index contributed by atoms with van der Waals surface area (Å²) >= 11 is 0. The Hall–Kier alpha value is -0.850. The molecule has 2 aliphatic rings. The van der Waals surface area contributed by atoms with Gasteiger partial charge in [0.1, 0.15) is 0 Å². The summed E-state index contributed by atoms with van der Waals surface area (Å²) in [6.07, 6.45) is 8.58. The van der Waals surface area contributed by atoms with Crippen molar-refractivity contribution < 1.29 is 4.74 Å². The molecule has 1 aliphatic heterocycles. The molecular weight excluding hydrogens is 290 g/mol. The average Bonchev–Trinajstić information content (AvgIpc) is 2.98. The fraction of sp³-hybridized carbons (Fsp3) is 0.857. The van der Waals surface area contributed by atoms with Crippen molar-refractivity contribution in [2.45, 2.75) is 38.1 Å². The van der Waals surface area contributed by atoms with Gasteiger partial charge in [-0.15, -0.1) is 17.5 Å². The van der Waals surface area contributed by atoms with Crippen LogP contribution in [0, 0.1) is 0 Å². The van der Waals surface area contributed by atoms with Crippen LogP contribution in [0.25, 0.3) is 0 Å². The maximum Gasteiger partial charge on any atom is 0.168 e. The van der Waals surface area contributed by atoms with Gasteiger partial charge in [0.05, 0.1) is 25.5 Å². The molecule has 0 spiro atoms. The Morgan fingerprint density at radius 3 is 2.71 bits per heavy atom. The highest BCUT2D eigenvalue weighted by atomic mass is 35.5. The second-order valence-electron chi connectivity index (χ2n) is 5.76. The van der Waals surface area contributed by atoms with E-state index < -0.39 is 0 Å². The number of anilines is 1. The molecule has 6 nitrogen and oxygen atoms in total. The molecule has 1 aromatic heterocycles. The Bertz CT molecular complexity index is 402. The normalized spacial score (nSPS) is 21.0. The van der Waals surface area contributed by atoms with E-state index in [1.807, 2.05) is 0 Å². The predicted molar refractivity (Wildman–Crippen MR) is 85.1 cm³/mol. The number of morpholine rings is 1. The summed E-state index contributed by atoms with van der Waals surface area (Å²) in [5.74, 6) is 0.906. The lowest BCUT2D eigenvalue weighted by Gasteiger charge is -2.26. The Morgan fingerprint density at radius 2 is 1.95 bits per heavy atom. The molecule has 0 radical (unpaired) electrons. The Balaban J connectivity index is 0.00000161. The third-order valence-corrected chi connectivity index (χ3v) is 4.30. The van der Waals surface area contributed by atoms with E-state index in [2.05, 4.69) is 31.4 Å². The van der Waals surface area contributed by atoms with E-state index in [1.54, 1.807) is 0 Å². The van der Waals surface area contributed by atoms with Crippen molar-refractivity contribution in [2.24, 2.45) is 0 Å². The van der Waals surface area contributed by atoms with Gasteiger partial charge in [0, 0.05) is 26.2 Å². The van der Waals surface area contributed by atoms with Crippen LogP contribution in [-0.2, 0) is 4.74 Å². The molecule has 1 saturated carbocycles. The van der Waals surface area contributed by atoms with E-state index in [0.29, 0.717) is 6.04 Å². The van der Waals surface area contributed by atoms with Gasteiger partial charge < -0.3 is 10.1 Å². The van der Waals surface area contributed by atoms with Gasteiger partial charge in [-0.2, -0.15) is 0 Å². The second-order valence-corrected chi connectivity index (χ2v) is 5.76. The fourth-order valence-corrected chi connectivity index (χ4v) is 3.05. The molecule has 21 heavy (non-hydrogen) atoms. The highest BCUT2D eigenvalue weighted by molar-refractivity contribution is 5.85. The fourth-order valence-electron chi connectivity index (χ4n) is 3.05. The SMILES string of the molecule is Cl.c1c(NCCN2CCOCC2)nnn1C1CCCCC1. The number of hydrogen-bond donors (Lipinski definition) is 1. The van der Waals surface area contributed by atoms with Gasteiger partial charge in [0.2, 0.25) is 0 Å². The van der Waals surface area contributed by atoms with Crippen molar-refractivity contribution >= 4 is 18.2 Å². The summed E-state index contributed by atoms with van der Waals surface area (Å²) in [5.41, 5.74) is 0. The maximum absolute atomic E-state index is 5.35. The topological polar surface area (TPSA) is 55.2 Å². The molecule has 2 heterocycles. The van der Waals surface area contributed by atoms with Crippen molar-refractivity contribution in [1.29, 1.82) is 0 Å². The summed E-state index contributed by atoms with van der Waals surface area (Å²) in [6, 6.07) is 0.561. The van der Waals surface area contributed by atoms with Crippen LogP contribution in [0.5, 0.6) is 0 Å². The number of rotatable bonds is 5. The molecule has 0 bridgehead atoms. The molecule has 7 heteroatoms. The van der Waals surface area contributed by atoms with E-state index in [1.165, 1.54) is 32.1 Å². The van der Waals surface area contributed by atoms with E-state index in [0.717, 1.165) is 45.2 Å². The number of hydrogen-bond acceptors (Lipinski definition) is 5. The molecule has 1 N–H and O–H groups in total. The number of halogens is 1. The molecule has 0 atom stereocenters. The van der Waals surface area contributed by atoms with Crippen LogP contribution in [0.4, 0.5) is 5.82 Å². The molecule has 0 aromatic carbocycles. The largest absolute Gasteiger partial charge is 0.379 e. The molecule has 2 fully saturated rings. The van der Waals surface area contributed by atoms with Crippen LogP contribution in [0.3, 0.4) is 0 Å². The quantitative estimate of drug-likeness (QED) is 0.900. The lowest BCUT2D eigenvalue weighted by Crippen LogP contribution is -2.39. The lowest BCUT2D eigenvalue weighted by molar-refractivity contribution is 0.0398. The molecule has 0 unspecified atom stereocenters. The number of nitrogens with zero attached hydrogens (tertiary/aromatic N) is 4. The highest BCUT2D eigenvalue weighted by Crippen LogP contribution is 2.27. The smallest absolute Gasteiger partial charge is 0.168 e. The predicted octanol–water partition coefficient (Wildman–Crippen LogP) is 1.95. The molecule has 1 saturated heterocycles. The minimum atomic E-state index is 0. The van der Waals surface area contributed by atoms with Gasteiger partial charge in [-0.05, 0) is 12.8 Å². The molecular formula is C14H26ClN5O. The maximum atomic E-state index is 5.35. The zero-order valence-electron chi connectivity index (χ0n) is 12.5. The first-order valence-electron chi connectivity index (χ1n) is 7.87. The Kier molecular flexibility index (Phi) is 6.73. The minimum absolute atomic E-state index is 0. The van der Waals surface area contributed by atoms with Crippen LogP contribution < -0.4 is 5.32 Å².